The predicted molar refractivity (Wildman–Crippen MR) is 156 cm³/mol. The second-order valence-corrected chi connectivity index (χ2v) is 11.9. The minimum absolute atomic E-state index is 0.201. The van der Waals surface area contributed by atoms with Crippen molar-refractivity contribution in [2.75, 3.05) is 50.8 Å². The molecule has 0 spiro atoms. The van der Waals surface area contributed by atoms with E-state index in [1.807, 2.05) is 39.0 Å². The Kier molecular flexibility index (Phi) is 11.1. The highest BCUT2D eigenvalue weighted by atomic mass is 32.2. The Hall–Kier alpha value is -2.53. The van der Waals surface area contributed by atoms with E-state index in [1.54, 1.807) is 17.0 Å². The van der Waals surface area contributed by atoms with E-state index < -0.39 is 10.0 Å². The Bertz CT molecular complexity index is 1280. The quantitative estimate of drug-likeness (QED) is 0.244. The first-order valence-electron chi connectivity index (χ1n) is 13.5. The van der Waals surface area contributed by atoms with Crippen molar-refractivity contribution in [2.45, 2.75) is 52.4 Å². The van der Waals surface area contributed by atoms with Gasteiger partial charge in [0.05, 0.1) is 16.2 Å². The molecule has 8 nitrogen and oxygen atoms in total. The molecule has 0 saturated heterocycles. The van der Waals surface area contributed by atoms with Crippen molar-refractivity contribution in [2.24, 2.45) is 0 Å². The Balaban J connectivity index is 1.95. The van der Waals surface area contributed by atoms with Crippen molar-refractivity contribution in [1.82, 2.24) is 14.2 Å². The maximum atomic E-state index is 13.8. The van der Waals surface area contributed by atoms with Gasteiger partial charge in [0.25, 0.3) is 5.91 Å². The zero-order chi connectivity index (χ0) is 27.7. The van der Waals surface area contributed by atoms with Gasteiger partial charge < -0.3 is 9.64 Å². The lowest BCUT2D eigenvalue weighted by Gasteiger charge is -2.25. The minimum Gasteiger partial charge on any atom is -0.492 e. The molecule has 0 aliphatic rings. The van der Waals surface area contributed by atoms with Gasteiger partial charge in [-0.3, -0.25) is 9.69 Å². The van der Waals surface area contributed by atoms with Gasteiger partial charge in [-0.05, 0) is 69.3 Å². The maximum absolute atomic E-state index is 13.8. The number of carbonyl (C=O) groups is 1. The summed E-state index contributed by atoms with van der Waals surface area (Å²) in [5, 5.41) is 0.595. The van der Waals surface area contributed by atoms with Crippen molar-refractivity contribution in [3.63, 3.8) is 0 Å². The molecule has 208 valence electrons. The SMILES string of the molecule is CCCN(CCC)S(=O)(=O)c1ccc(C(=O)N(CCN(CC)CC)c2nc3c(OCC)cccc3s2)cc1. The molecule has 0 saturated carbocycles. The van der Waals surface area contributed by atoms with Gasteiger partial charge in [-0.25, -0.2) is 13.4 Å². The van der Waals surface area contributed by atoms with Crippen LogP contribution in [0.15, 0.2) is 47.4 Å². The van der Waals surface area contributed by atoms with Crippen LogP contribution >= 0.6 is 11.3 Å². The summed E-state index contributed by atoms with van der Waals surface area (Å²) in [4.78, 5) is 22.8. The number of aromatic nitrogens is 1. The molecule has 0 atom stereocenters. The van der Waals surface area contributed by atoms with E-state index >= 15 is 0 Å². The smallest absolute Gasteiger partial charge is 0.260 e. The van der Waals surface area contributed by atoms with E-state index in [9.17, 15) is 13.2 Å². The summed E-state index contributed by atoms with van der Waals surface area (Å²) in [5.74, 6) is 0.485. The van der Waals surface area contributed by atoms with E-state index in [-0.39, 0.29) is 10.8 Å². The highest BCUT2D eigenvalue weighted by molar-refractivity contribution is 7.89. The number of fused-ring (bicyclic) bond motifs is 1. The third-order valence-corrected chi connectivity index (χ3v) is 9.32. The van der Waals surface area contributed by atoms with Crippen LogP contribution in [0.5, 0.6) is 5.75 Å². The maximum Gasteiger partial charge on any atom is 0.260 e. The number of anilines is 1. The third-order valence-electron chi connectivity index (χ3n) is 6.37. The van der Waals surface area contributed by atoms with Crippen LogP contribution in [0.25, 0.3) is 10.2 Å². The Labute approximate surface area is 231 Å². The van der Waals surface area contributed by atoms with Crippen LogP contribution in [0.4, 0.5) is 5.13 Å². The van der Waals surface area contributed by atoms with Crippen molar-refractivity contribution in [3.05, 3.63) is 48.0 Å². The number of thiazole rings is 1. The summed E-state index contributed by atoms with van der Waals surface area (Å²) in [7, 11) is -3.62. The van der Waals surface area contributed by atoms with E-state index in [0.29, 0.717) is 49.2 Å². The fraction of sp³-hybridized carbons (Fsp3) is 0.500. The lowest BCUT2D eigenvalue weighted by Crippen LogP contribution is -2.39. The fourth-order valence-electron chi connectivity index (χ4n) is 4.29. The van der Waals surface area contributed by atoms with Gasteiger partial charge in [-0.15, -0.1) is 0 Å². The Morgan fingerprint density at radius 1 is 0.895 bits per heavy atom. The molecule has 3 rings (SSSR count). The normalized spacial score (nSPS) is 12.0. The number of benzene rings is 2. The second-order valence-electron chi connectivity index (χ2n) is 8.94. The van der Waals surface area contributed by atoms with Crippen molar-refractivity contribution >= 4 is 42.6 Å². The number of rotatable bonds is 15. The van der Waals surface area contributed by atoms with Gasteiger partial charge in [0, 0.05) is 31.7 Å². The highest BCUT2D eigenvalue weighted by Gasteiger charge is 2.26. The van der Waals surface area contributed by atoms with Gasteiger partial charge in [0.1, 0.15) is 11.3 Å². The number of likely N-dealkylation sites (N-methyl/N-ethyl adjacent to an activating group) is 1. The number of nitrogens with zero attached hydrogens (tertiary/aromatic N) is 4. The number of amides is 1. The fourth-order valence-corrected chi connectivity index (χ4v) is 6.92. The average Bonchev–Trinajstić information content (AvgIpc) is 3.36. The lowest BCUT2D eigenvalue weighted by molar-refractivity contribution is 0.0983. The first kappa shape index (κ1) is 30.0. The van der Waals surface area contributed by atoms with Gasteiger partial charge in [0.15, 0.2) is 5.13 Å². The Morgan fingerprint density at radius 3 is 2.13 bits per heavy atom. The molecule has 0 aliphatic carbocycles. The summed E-state index contributed by atoms with van der Waals surface area (Å²) >= 11 is 1.45. The summed E-state index contributed by atoms with van der Waals surface area (Å²) in [6.45, 7) is 14.4. The number of hydrogen-bond donors (Lipinski definition) is 0. The molecule has 1 aromatic heterocycles. The molecule has 0 bridgehead atoms. The molecule has 0 radical (unpaired) electrons. The molecule has 0 N–H and O–H groups in total. The second kappa shape index (κ2) is 14.0. The molecule has 38 heavy (non-hydrogen) atoms. The lowest BCUT2D eigenvalue weighted by atomic mass is 10.2. The van der Waals surface area contributed by atoms with Gasteiger partial charge in [-0.2, -0.15) is 4.31 Å². The number of ether oxygens (including phenoxy) is 1. The van der Waals surface area contributed by atoms with Gasteiger partial charge >= 0.3 is 0 Å². The first-order chi connectivity index (χ1) is 18.3. The van der Waals surface area contributed by atoms with Crippen molar-refractivity contribution < 1.29 is 17.9 Å². The first-order valence-corrected chi connectivity index (χ1v) is 15.7. The van der Waals surface area contributed by atoms with E-state index in [1.165, 1.54) is 27.8 Å². The molecule has 0 fully saturated rings. The molecule has 0 aliphatic heterocycles. The molecule has 2 aromatic carbocycles. The third kappa shape index (κ3) is 6.91. The average molecular weight is 561 g/mol. The van der Waals surface area contributed by atoms with E-state index in [4.69, 9.17) is 9.72 Å². The molecule has 1 amide bonds. The molecular formula is C28H40N4O4S2. The van der Waals surface area contributed by atoms with Gasteiger partial charge in [-0.1, -0.05) is 45.1 Å². The summed E-state index contributed by atoms with van der Waals surface area (Å²) in [5.41, 5.74) is 1.16. The number of sulfonamides is 1. The highest BCUT2D eigenvalue weighted by Crippen LogP contribution is 2.35. The molecule has 0 unspecified atom stereocenters. The zero-order valence-corrected chi connectivity index (χ0v) is 24.8. The van der Waals surface area contributed by atoms with Crippen LogP contribution in [0.3, 0.4) is 0 Å². The van der Waals surface area contributed by atoms with Crippen LogP contribution in [0.2, 0.25) is 0 Å². The Morgan fingerprint density at radius 2 is 1.55 bits per heavy atom. The minimum atomic E-state index is -3.62. The van der Waals surface area contributed by atoms with Crippen LogP contribution in [-0.4, -0.2) is 74.4 Å². The van der Waals surface area contributed by atoms with Gasteiger partial charge in [0.2, 0.25) is 10.0 Å². The summed E-state index contributed by atoms with van der Waals surface area (Å²) in [6.07, 6.45) is 1.48. The summed E-state index contributed by atoms with van der Waals surface area (Å²) in [6, 6.07) is 12.1. The largest absolute Gasteiger partial charge is 0.492 e. The topological polar surface area (TPSA) is 83.1 Å². The van der Waals surface area contributed by atoms with Crippen LogP contribution in [-0.2, 0) is 10.0 Å². The molecule has 1 heterocycles. The van der Waals surface area contributed by atoms with E-state index in [0.717, 1.165) is 36.1 Å². The summed E-state index contributed by atoms with van der Waals surface area (Å²) < 4.78 is 34.6. The van der Waals surface area contributed by atoms with Crippen LogP contribution in [0, 0.1) is 0 Å². The van der Waals surface area contributed by atoms with Crippen LogP contribution in [0.1, 0.15) is 57.8 Å². The monoisotopic (exact) mass is 560 g/mol. The number of carbonyl (C=O) groups excluding carboxylic acids is 1. The van der Waals surface area contributed by atoms with E-state index in [2.05, 4.69) is 18.7 Å². The van der Waals surface area contributed by atoms with Crippen molar-refractivity contribution in [3.8, 4) is 5.75 Å². The number of hydrogen-bond acceptors (Lipinski definition) is 7. The standard InChI is InChI=1S/C28H40N4O4S2/c1-6-18-31(19-7-2)38(34,35)23-16-14-22(15-17-23)27(33)32(21-20-30(8-3)9-4)28-29-26-24(36-10-5)12-11-13-25(26)37-28/h11-17H,6-10,18-21H2,1-5H3. The van der Waals surface area contributed by atoms with Crippen molar-refractivity contribution in [1.29, 1.82) is 0 Å². The zero-order valence-electron chi connectivity index (χ0n) is 23.1. The molecule has 10 heteroatoms. The number of para-hydroxylation sites is 1. The van der Waals surface area contributed by atoms with Crippen LogP contribution < -0.4 is 9.64 Å². The molecule has 3 aromatic rings. The molecular weight excluding hydrogens is 520 g/mol. The predicted octanol–water partition coefficient (Wildman–Crippen LogP) is 5.49.